The average Bonchev–Trinajstić information content (AvgIpc) is 2.81. The van der Waals surface area contributed by atoms with Crippen molar-refractivity contribution in [3.05, 3.63) is 84.0 Å². The van der Waals surface area contributed by atoms with Gasteiger partial charge >= 0.3 is 33.0 Å². The Morgan fingerprint density at radius 2 is 0.971 bits per heavy atom. The van der Waals surface area contributed by atoms with Gasteiger partial charge in [0, 0.05) is 36.6 Å². The van der Waals surface area contributed by atoms with E-state index in [1.165, 1.54) is 0 Å². The van der Waals surface area contributed by atoms with Crippen molar-refractivity contribution in [3.63, 3.8) is 0 Å². The van der Waals surface area contributed by atoms with Crippen LogP contribution in [0.1, 0.15) is 66.8 Å². The van der Waals surface area contributed by atoms with E-state index in [9.17, 15) is 0 Å². The Morgan fingerprint density at radius 1 is 0.657 bits per heavy atom. The van der Waals surface area contributed by atoms with Crippen molar-refractivity contribution in [1.82, 2.24) is 9.97 Å². The summed E-state index contributed by atoms with van der Waals surface area (Å²) in [5.41, 5.74) is 5.40. The van der Waals surface area contributed by atoms with Gasteiger partial charge in [0.15, 0.2) is 0 Å². The van der Waals surface area contributed by atoms with Gasteiger partial charge in [-0.15, -0.1) is 0 Å². The van der Waals surface area contributed by atoms with E-state index in [0.29, 0.717) is 12.7 Å². The third kappa shape index (κ3) is 17.7. The molecular weight excluding hydrogens is 556 g/mol. The Labute approximate surface area is 232 Å². The van der Waals surface area contributed by atoms with Crippen molar-refractivity contribution in [2.45, 2.75) is 90.9 Å². The summed E-state index contributed by atoms with van der Waals surface area (Å²) in [4.78, 5) is 8.64. The second-order valence-corrected chi connectivity index (χ2v) is 17.3. The molecule has 2 aromatic heterocycles. The van der Waals surface area contributed by atoms with E-state index in [1.54, 1.807) is 0 Å². The van der Waals surface area contributed by atoms with Gasteiger partial charge in [0.2, 0.25) is 0 Å². The van der Waals surface area contributed by atoms with Crippen LogP contribution in [0.15, 0.2) is 72.6 Å². The fraction of sp³-hybridized carbons (Fsp3) is 0.500. The molecule has 0 fully saturated rings. The molecule has 0 aliphatic rings. The fourth-order valence-corrected chi connectivity index (χ4v) is 7.97. The van der Waals surface area contributed by atoms with E-state index < -0.39 is 0 Å². The number of halogens is 2. The zero-order valence-electron chi connectivity index (χ0n) is 22.5. The molecule has 0 radical (unpaired) electrons. The molecule has 35 heavy (non-hydrogen) atoms. The summed E-state index contributed by atoms with van der Waals surface area (Å²) < 4.78 is 0. The zero-order valence-corrected chi connectivity index (χ0v) is 26.8. The van der Waals surface area contributed by atoms with Crippen molar-refractivity contribution < 1.29 is 12.7 Å². The molecule has 0 unspecified atom stereocenters. The molecular formula is C28H44Cl2N2NiP2. The molecule has 0 aliphatic heterocycles. The first kappa shape index (κ1) is 34.7. The standard InChI is InChI=1S/2C14H22NP.2ClH.Ni/c2*1-12(2)16(13(3)4)11-7-9-14-8-5-6-10-15-14;;;/h2*5-8,10-13H,9H2,1-4H3;2*1H;/q;;;;+2/p-2. The molecule has 0 N–H and O–H groups in total. The van der Waals surface area contributed by atoms with E-state index in [1.807, 2.05) is 36.7 Å². The number of aromatic nitrogens is 2. The Hall–Kier alpha value is -0.286. The van der Waals surface area contributed by atoms with Gasteiger partial charge < -0.3 is 0 Å². The van der Waals surface area contributed by atoms with Crippen molar-refractivity contribution in [2.75, 3.05) is 0 Å². The van der Waals surface area contributed by atoms with Crippen LogP contribution in [-0.2, 0) is 25.5 Å². The molecule has 2 aromatic rings. The Kier molecular flexibility index (Phi) is 21.6. The van der Waals surface area contributed by atoms with Crippen LogP contribution >= 0.6 is 36.2 Å². The summed E-state index contributed by atoms with van der Waals surface area (Å²) in [6.45, 7) is 18.5. The first-order valence-corrected chi connectivity index (χ1v) is 18.0. The summed E-state index contributed by atoms with van der Waals surface area (Å²) in [5.74, 6) is 4.83. The Bertz CT molecular complexity index is 718. The van der Waals surface area contributed by atoms with Gasteiger partial charge in [0.05, 0.1) is 0 Å². The molecule has 2 rings (SSSR count). The van der Waals surface area contributed by atoms with Crippen molar-refractivity contribution in [1.29, 1.82) is 0 Å². The minimum absolute atomic E-state index is 0.0168. The van der Waals surface area contributed by atoms with E-state index in [0.717, 1.165) is 46.9 Å². The summed E-state index contributed by atoms with van der Waals surface area (Å²) in [7, 11) is 9.44. The second-order valence-electron chi connectivity index (χ2n) is 9.13. The molecule has 2 nitrogen and oxygen atoms in total. The first-order valence-electron chi connectivity index (χ1n) is 12.1. The fourth-order valence-electron chi connectivity index (χ4n) is 3.51. The van der Waals surface area contributed by atoms with Gasteiger partial charge in [-0.3, -0.25) is 9.97 Å². The molecule has 0 saturated heterocycles. The number of hydrogen-bond donors (Lipinski definition) is 0. The van der Waals surface area contributed by atoms with Gasteiger partial charge in [0.25, 0.3) is 0 Å². The second kappa shape index (κ2) is 21.8. The molecule has 7 heteroatoms. The molecule has 0 saturated carbocycles. The number of rotatable bonds is 10. The monoisotopic (exact) mass is 598 g/mol. The summed E-state index contributed by atoms with van der Waals surface area (Å²) in [6, 6.07) is 12.2. The quantitative estimate of drug-likeness (QED) is 0.200. The minimum atomic E-state index is 0.0168. The Balaban J connectivity index is 0.000000594. The summed E-state index contributed by atoms with van der Waals surface area (Å²) in [5, 5.41) is 0. The first-order chi connectivity index (χ1) is 16.6. The summed E-state index contributed by atoms with van der Waals surface area (Å²) >= 11 is 0.569. The van der Waals surface area contributed by atoms with Crippen LogP contribution in [0.25, 0.3) is 0 Å². The van der Waals surface area contributed by atoms with Gasteiger partial charge in [-0.2, -0.15) is 0 Å². The molecule has 0 amide bonds. The van der Waals surface area contributed by atoms with Crippen LogP contribution in [-0.4, -0.2) is 32.6 Å². The maximum absolute atomic E-state index is 4.70. The van der Waals surface area contributed by atoms with Gasteiger partial charge in [0.1, 0.15) is 0 Å². The molecule has 0 spiro atoms. The van der Waals surface area contributed by atoms with E-state index in [2.05, 4.69) is 101 Å². The van der Waals surface area contributed by atoms with Crippen LogP contribution in [0.2, 0.25) is 0 Å². The van der Waals surface area contributed by atoms with Gasteiger partial charge in [-0.25, -0.2) is 0 Å². The zero-order chi connectivity index (χ0) is 26.6. The maximum atomic E-state index is 4.70. The molecule has 0 atom stereocenters. The van der Waals surface area contributed by atoms with E-state index in [4.69, 9.17) is 20.4 Å². The summed E-state index contributed by atoms with van der Waals surface area (Å²) in [6.07, 6.45) is 10.2. The predicted octanol–water partition coefficient (Wildman–Crippen LogP) is 10.2. The normalized spacial score (nSPS) is 11.8. The van der Waals surface area contributed by atoms with Crippen LogP contribution < -0.4 is 0 Å². The SMILES string of the molecule is CC(C)P(C=CCc1ccccn1)C(C)C.CC(C)P(C=CCc1ccccn1)C(C)C.[Cl][Ni][Cl]. The van der Waals surface area contributed by atoms with Crippen LogP contribution in [0.3, 0.4) is 0 Å². The van der Waals surface area contributed by atoms with Crippen molar-refractivity contribution >= 4 is 36.2 Å². The molecule has 200 valence electrons. The number of allylic oxidation sites excluding steroid dienone is 2. The van der Waals surface area contributed by atoms with Crippen LogP contribution in [0, 0.1) is 0 Å². The molecule has 0 bridgehead atoms. The van der Waals surface area contributed by atoms with Crippen molar-refractivity contribution in [3.8, 4) is 0 Å². The number of pyridine rings is 2. The molecule has 0 aromatic carbocycles. The van der Waals surface area contributed by atoms with Crippen LogP contribution in [0.5, 0.6) is 0 Å². The van der Waals surface area contributed by atoms with E-state index in [-0.39, 0.29) is 15.8 Å². The Morgan fingerprint density at radius 3 is 1.20 bits per heavy atom. The number of hydrogen-bond acceptors (Lipinski definition) is 2. The van der Waals surface area contributed by atoms with Gasteiger partial charge in [-0.1, -0.05) is 107 Å². The van der Waals surface area contributed by atoms with Crippen molar-refractivity contribution in [2.24, 2.45) is 0 Å². The molecule has 2 heterocycles. The molecule has 0 aliphatic carbocycles. The third-order valence-corrected chi connectivity index (χ3v) is 10.9. The van der Waals surface area contributed by atoms with Crippen LogP contribution in [0.4, 0.5) is 0 Å². The van der Waals surface area contributed by atoms with Gasteiger partial charge in [-0.05, 0) is 46.9 Å². The third-order valence-electron chi connectivity index (χ3n) is 5.05. The van der Waals surface area contributed by atoms with E-state index >= 15 is 0 Å². The average molecular weight is 600 g/mol. The number of nitrogens with zero attached hydrogens (tertiary/aromatic N) is 2. The topological polar surface area (TPSA) is 25.8 Å². The predicted molar refractivity (Wildman–Crippen MR) is 160 cm³/mol.